The van der Waals surface area contributed by atoms with Crippen LogP contribution in [0.4, 0.5) is 38.5 Å². The molecule has 0 amide bonds. The van der Waals surface area contributed by atoms with Crippen LogP contribution < -0.4 is 14.5 Å². The van der Waals surface area contributed by atoms with Crippen molar-refractivity contribution in [2.24, 2.45) is 0 Å². The largest absolute Gasteiger partial charge is 0.456 e. The maximum absolute atomic E-state index is 14.4. The minimum atomic E-state index is -0.288. The van der Waals surface area contributed by atoms with Crippen molar-refractivity contribution in [3.63, 3.8) is 0 Å². The first-order valence-electron chi connectivity index (χ1n) is 17.6. The number of hydrogen-bond acceptors (Lipinski definition) is 4. The van der Waals surface area contributed by atoms with Crippen molar-refractivity contribution in [1.29, 1.82) is 0 Å². The number of halogens is 1. The quantitative estimate of drug-likeness (QED) is 0.174. The van der Waals surface area contributed by atoms with E-state index in [0.29, 0.717) is 11.5 Å². The van der Waals surface area contributed by atoms with Crippen LogP contribution in [-0.2, 0) is 0 Å². The lowest BCUT2D eigenvalue weighted by atomic mass is 10.0. The number of anilines is 6. The Kier molecular flexibility index (Phi) is 7.29. The van der Waals surface area contributed by atoms with Gasteiger partial charge in [0.2, 0.25) is 0 Å². The van der Waals surface area contributed by atoms with E-state index in [2.05, 4.69) is 114 Å². The van der Waals surface area contributed by atoms with Gasteiger partial charge in [0.15, 0.2) is 11.5 Å². The third kappa shape index (κ3) is 5.47. The van der Waals surface area contributed by atoms with Crippen molar-refractivity contribution >= 4 is 56.1 Å². The van der Waals surface area contributed by atoms with Crippen molar-refractivity contribution in [3.8, 4) is 33.8 Å². The monoisotopic (exact) mass is 686 g/mol. The van der Waals surface area contributed by atoms with Gasteiger partial charge in [0.05, 0.1) is 11.4 Å². The Labute approximate surface area is 306 Å². The summed E-state index contributed by atoms with van der Waals surface area (Å²) >= 11 is 0. The molecule has 0 atom stereocenters. The minimum Gasteiger partial charge on any atom is -0.456 e. The molecule has 0 saturated carbocycles. The molecule has 53 heavy (non-hydrogen) atoms. The summed E-state index contributed by atoms with van der Waals surface area (Å²) in [4.78, 5) is 4.30. The van der Waals surface area contributed by atoms with E-state index in [1.165, 1.54) is 11.6 Å². The Hall–Kier alpha value is -7.11. The second kappa shape index (κ2) is 12.6. The number of ether oxygens (including phenoxy) is 1. The summed E-state index contributed by atoms with van der Waals surface area (Å²) < 4.78 is 27.2. The van der Waals surface area contributed by atoms with Crippen LogP contribution in [0.5, 0.6) is 11.5 Å². The van der Waals surface area contributed by atoms with E-state index in [-0.39, 0.29) is 5.82 Å². The number of nitrogens with zero attached hydrogens (tertiary/aromatic N) is 2. The molecule has 5 heteroatoms. The summed E-state index contributed by atoms with van der Waals surface area (Å²) in [6.07, 6.45) is 0. The molecule has 0 fully saturated rings. The standard InChI is InChI=1S/C48H31FN2O2/c49-36-11-8-12-39(30-36)51-43-14-5-7-16-46(43)53-48-29-35(21-28-44(48)51)34-19-24-38(25-20-34)50(37-22-17-33(18-23-37)32-9-2-1-3-10-32)40-26-27-42-41-13-4-6-15-45(41)52-47(42)31-40/h1-31H. The van der Waals surface area contributed by atoms with Gasteiger partial charge in [-0.2, -0.15) is 0 Å². The van der Waals surface area contributed by atoms with Crippen LogP contribution in [0.1, 0.15) is 0 Å². The van der Waals surface area contributed by atoms with Crippen LogP contribution in [0, 0.1) is 5.82 Å². The summed E-state index contributed by atoms with van der Waals surface area (Å²) in [6.45, 7) is 0. The Morgan fingerprint density at radius 1 is 0.415 bits per heavy atom. The van der Waals surface area contributed by atoms with Gasteiger partial charge in [-0.05, 0) is 107 Å². The Bertz CT molecular complexity index is 2770. The predicted octanol–water partition coefficient (Wildman–Crippen LogP) is 14.1. The molecule has 0 radical (unpaired) electrons. The molecule has 0 aliphatic carbocycles. The first-order chi connectivity index (χ1) is 26.2. The van der Waals surface area contributed by atoms with Crippen molar-refractivity contribution in [2.45, 2.75) is 0 Å². The van der Waals surface area contributed by atoms with Gasteiger partial charge in [-0.1, -0.05) is 97.1 Å². The first-order valence-corrected chi connectivity index (χ1v) is 17.6. The fourth-order valence-corrected chi connectivity index (χ4v) is 7.37. The van der Waals surface area contributed by atoms with Gasteiger partial charge in [-0.25, -0.2) is 4.39 Å². The molecule has 1 aromatic heterocycles. The lowest BCUT2D eigenvalue weighted by Gasteiger charge is -2.33. The molecule has 1 aliphatic heterocycles. The van der Waals surface area contributed by atoms with Crippen molar-refractivity contribution in [1.82, 2.24) is 0 Å². The van der Waals surface area contributed by atoms with Gasteiger partial charge in [0.25, 0.3) is 0 Å². The fraction of sp³-hybridized carbons (Fsp3) is 0. The zero-order valence-electron chi connectivity index (χ0n) is 28.5. The molecule has 0 saturated heterocycles. The molecule has 4 nitrogen and oxygen atoms in total. The van der Waals surface area contributed by atoms with E-state index in [0.717, 1.165) is 72.8 Å². The third-order valence-corrected chi connectivity index (χ3v) is 9.91. The van der Waals surface area contributed by atoms with Crippen LogP contribution in [0.15, 0.2) is 192 Å². The summed E-state index contributed by atoms with van der Waals surface area (Å²) in [7, 11) is 0. The van der Waals surface area contributed by atoms with Crippen LogP contribution in [-0.4, -0.2) is 0 Å². The molecule has 8 aromatic carbocycles. The summed E-state index contributed by atoms with van der Waals surface area (Å²) in [6, 6.07) is 63.0. The topological polar surface area (TPSA) is 28.9 Å². The van der Waals surface area contributed by atoms with E-state index < -0.39 is 0 Å². The van der Waals surface area contributed by atoms with Gasteiger partial charge in [0.1, 0.15) is 17.0 Å². The molecule has 9 aromatic rings. The highest BCUT2D eigenvalue weighted by atomic mass is 19.1. The highest BCUT2D eigenvalue weighted by molar-refractivity contribution is 6.06. The number of fused-ring (bicyclic) bond motifs is 5. The molecule has 0 spiro atoms. The van der Waals surface area contributed by atoms with Crippen LogP contribution in [0.2, 0.25) is 0 Å². The van der Waals surface area contributed by atoms with E-state index in [9.17, 15) is 4.39 Å². The first kappa shape index (κ1) is 30.7. The predicted molar refractivity (Wildman–Crippen MR) is 214 cm³/mol. The maximum atomic E-state index is 14.4. The van der Waals surface area contributed by atoms with Gasteiger partial charge in [0, 0.05) is 39.6 Å². The smallest absolute Gasteiger partial charge is 0.152 e. The Morgan fingerprint density at radius 2 is 1.04 bits per heavy atom. The Morgan fingerprint density at radius 3 is 1.83 bits per heavy atom. The van der Waals surface area contributed by atoms with E-state index >= 15 is 0 Å². The van der Waals surface area contributed by atoms with Crippen molar-refractivity contribution in [2.75, 3.05) is 9.80 Å². The zero-order valence-corrected chi connectivity index (χ0v) is 28.5. The van der Waals surface area contributed by atoms with Crippen LogP contribution in [0.25, 0.3) is 44.2 Å². The second-order valence-electron chi connectivity index (χ2n) is 13.1. The van der Waals surface area contributed by atoms with Gasteiger partial charge >= 0.3 is 0 Å². The molecular formula is C48H31FN2O2. The number of hydrogen-bond donors (Lipinski definition) is 0. The molecule has 1 aliphatic rings. The van der Waals surface area contributed by atoms with Crippen LogP contribution in [0.3, 0.4) is 0 Å². The zero-order chi connectivity index (χ0) is 35.3. The molecule has 0 unspecified atom stereocenters. The van der Waals surface area contributed by atoms with Gasteiger partial charge in [-0.15, -0.1) is 0 Å². The third-order valence-electron chi connectivity index (χ3n) is 9.91. The lowest BCUT2D eigenvalue weighted by Crippen LogP contribution is -2.15. The van der Waals surface area contributed by atoms with Gasteiger partial charge in [-0.3, -0.25) is 0 Å². The summed E-state index contributed by atoms with van der Waals surface area (Å²) in [5, 5.41) is 2.20. The molecule has 0 bridgehead atoms. The van der Waals surface area contributed by atoms with Crippen molar-refractivity contribution in [3.05, 3.63) is 194 Å². The SMILES string of the molecule is Fc1cccc(N2c3ccccc3Oc3cc(-c4ccc(N(c5ccc(-c6ccccc6)cc5)c5ccc6c(c5)oc5ccccc56)cc4)ccc32)c1. The average molecular weight is 687 g/mol. The maximum Gasteiger partial charge on any atom is 0.152 e. The van der Waals surface area contributed by atoms with E-state index in [1.54, 1.807) is 12.1 Å². The summed E-state index contributed by atoms with van der Waals surface area (Å²) in [5.74, 6) is 1.13. The van der Waals surface area contributed by atoms with E-state index in [4.69, 9.17) is 9.15 Å². The number of furan rings is 1. The molecule has 0 N–H and O–H groups in total. The molecular weight excluding hydrogens is 656 g/mol. The minimum absolute atomic E-state index is 0.288. The molecule has 2 heterocycles. The average Bonchev–Trinajstić information content (AvgIpc) is 3.59. The number of para-hydroxylation sites is 3. The second-order valence-corrected chi connectivity index (χ2v) is 13.1. The fourth-order valence-electron chi connectivity index (χ4n) is 7.37. The van der Waals surface area contributed by atoms with Crippen molar-refractivity contribution < 1.29 is 13.5 Å². The number of benzene rings is 8. The van der Waals surface area contributed by atoms with E-state index in [1.807, 2.05) is 65.6 Å². The summed E-state index contributed by atoms with van der Waals surface area (Å²) in [5.41, 5.74) is 11.6. The molecule has 252 valence electrons. The van der Waals surface area contributed by atoms with Gasteiger partial charge < -0.3 is 19.0 Å². The number of rotatable bonds is 6. The highest BCUT2D eigenvalue weighted by Gasteiger charge is 2.26. The van der Waals surface area contributed by atoms with Crippen LogP contribution >= 0.6 is 0 Å². The highest BCUT2D eigenvalue weighted by Crippen LogP contribution is 2.51. The normalized spacial score (nSPS) is 12.0. The Balaban J connectivity index is 1.03. The lowest BCUT2D eigenvalue weighted by molar-refractivity contribution is 0.477. The molecule has 10 rings (SSSR count).